The molecule has 0 aliphatic rings. The van der Waals surface area contributed by atoms with Crippen LogP contribution in [0.4, 0.5) is 5.82 Å². The quantitative estimate of drug-likeness (QED) is 0.621. The second-order valence-electron chi connectivity index (χ2n) is 4.49. The molecular formula is C13H9N5O2S2. The number of hydrogen-bond donors (Lipinski definition) is 1. The number of nitrogens with zero attached hydrogens (tertiary/aromatic N) is 4. The fraction of sp³-hybridized carbons (Fsp3) is 0. The zero-order valence-electron chi connectivity index (χ0n) is 11.0. The summed E-state index contributed by atoms with van der Waals surface area (Å²) < 4.78 is 30.0. The van der Waals surface area contributed by atoms with Crippen LogP contribution in [0, 0.1) is 0 Å². The van der Waals surface area contributed by atoms with Gasteiger partial charge in [0.25, 0.3) is 15.2 Å². The van der Waals surface area contributed by atoms with E-state index in [2.05, 4.69) is 19.9 Å². The molecule has 7 nitrogen and oxygen atoms in total. The maximum Gasteiger partial charge on any atom is 0.299 e. The van der Waals surface area contributed by atoms with Crippen molar-refractivity contribution in [2.45, 2.75) is 5.16 Å². The van der Waals surface area contributed by atoms with Gasteiger partial charge >= 0.3 is 0 Å². The number of sulfonamides is 1. The summed E-state index contributed by atoms with van der Waals surface area (Å²) in [6.45, 7) is 0. The summed E-state index contributed by atoms with van der Waals surface area (Å²) in [7, 11) is -3.87. The zero-order valence-corrected chi connectivity index (χ0v) is 12.7. The van der Waals surface area contributed by atoms with Gasteiger partial charge in [0.15, 0.2) is 0 Å². The number of hydrogen-bond acceptors (Lipinski definition) is 6. The lowest BCUT2D eigenvalue weighted by atomic mass is 10.3. The van der Waals surface area contributed by atoms with Crippen LogP contribution < -0.4 is 4.72 Å². The molecule has 4 aromatic rings. The van der Waals surface area contributed by atoms with Crippen molar-refractivity contribution < 1.29 is 8.42 Å². The average molecular weight is 331 g/mol. The molecule has 1 aromatic carbocycles. The van der Waals surface area contributed by atoms with E-state index in [1.165, 1.54) is 21.9 Å². The van der Waals surface area contributed by atoms with Crippen LogP contribution in [0.25, 0.3) is 15.2 Å². The minimum absolute atomic E-state index is 0.148. The van der Waals surface area contributed by atoms with Gasteiger partial charge in [-0.2, -0.15) is 8.42 Å². The molecular weight excluding hydrogens is 322 g/mol. The van der Waals surface area contributed by atoms with Gasteiger partial charge in [0, 0.05) is 6.20 Å². The lowest BCUT2D eigenvalue weighted by molar-refractivity contribution is 0.591. The van der Waals surface area contributed by atoms with Crippen molar-refractivity contribution in [1.29, 1.82) is 0 Å². The van der Waals surface area contributed by atoms with E-state index in [4.69, 9.17) is 0 Å². The molecule has 110 valence electrons. The Labute approximate surface area is 129 Å². The van der Waals surface area contributed by atoms with Gasteiger partial charge in [-0.05, 0) is 24.3 Å². The predicted molar refractivity (Wildman–Crippen MR) is 83.4 cm³/mol. The Kier molecular flexibility index (Phi) is 2.84. The third kappa shape index (κ3) is 2.02. The van der Waals surface area contributed by atoms with Crippen molar-refractivity contribution in [2.75, 3.05) is 4.72 Å². The fourth-order valence-corrected chi connectivity index (χ4v) is 4.22. The Morgan fingerprint density at radius 1 is 1.05 bits per heavy atom. The molecule has 3 heterocycles. The van der Waals surface area contributed by atoms with Crippen molar-refractivity contribution in [1.82, 2.24) is 19.6 Å². The molecule has 0 spiro atoms. The highest BCUT2D eigenvalue weighted by molar-refractivity contribution is 7.92. The van der Waals surface area contributed by atoms with Crippen LogP contribution in [0.2, 0.25) is 0 Å². The maximum absolute atomic E-state index is 12.5. The number of rotatable bonds is 3. The van der Waals surface area contributed by atoms with E-state index in [0.29, 0.717) is 4.96 Å². The molecule has 9 heteroatoms. The number of fused-ring (bicyclic) bond motifs is 3. The van der Waals surface area contributed by atoms with Crippen molar-refractivity contribution in [3.05, 3.63) is 48.7 Å². The Morgan fingerprint density at radius 3 is 2.68 bits per heavy atom. The topological polar surface area (TPSA) is 89.2 Å². The number of para-hydroxylation sites is 1. The van der Waals surface area contributed by atoms with Gasteiger partial charge in [-0.15, -0.1) is 10.2 Å². The summed E-state index contributed by atoms with van der Waals surface area (Å²) in [6.07, 6.45) is 1.51. The smallest absolute Gasteiger partial charge is 0.261 e. The minimum atomic E-state index is -3.87. The first kappa shape index (κ1) is 13.2. The normalized spacial score (nSPS) is 12.0. The molecule has 1 N–H and O–H groups in total. The van der Waals surface area contributed by atoms with E-state index in [-0.39, 0.29) is 11.0 Å². The summed E-state index contributed by atoms with van der Waals surface area (Å²) >= 11 is 1.39. The van der Waals surface area contributed by atoms with Gasteiger partial charge in [-0.1, -0.05) is 29.5 Å². The van der Waals surface area contributed by atoms with E-state index in [1.807, 2.05) is 24.3 Å². The number of anilines is 1. The van der Waals surface area contributed by atoms with E-state index in [9.17, 15) is 8.42 Å². The van der Waals surface area contributed by atoms with Crippen LogP contribution in [0.1, 0.15) is 0 Å². The largest absolute Gasteiger partial charge is 0.299 e. The summed E-state index contributed by atoms with van der Waals surface area (Å²) in [6, 6.07) is 12.5. The molecule has 22 heavy (non-hydrogen) atoms. The molecule has 0 atom stereocenters. The minimum Gasteiger partial charge on any atom is -0.261 e. The monoisotopic (exact) mass is 331 g/mol. The Hall–Kier alpha value is -2.52. The van der Waals surface area contributed by atoms with E-state index in [0.717, 1.165) is 10.2 Å². The molecule has 4 rings (SSSR count). The van der Waals surface area contributed by atoms with Crippen LogP contribution in [-0.4, -0.2) is 28.0 Å². The second-order valence-corrected chi connectivity index (χ2v) is 7.08. The molecule has 0 unspecified atom stereocenters. The number of pyridine rings is 1. The molecule has 0 aliphatic heterocycles. The summed E-state index contributed by atoms with van der Waals surface area (Å²) in [5.74, 6) is 0.235. The third-order valence-corrected chi connectivity index (χ3v) is 5.29. The Balaban J connectivity index is 1.90. The SMILES string of the molecule is O=S(=O)(Nc1ccccn1)c1nnc2sc3ccccc3n12. The summed E-state index contributed by atoms with van der Waals surface area (Å²) in [5, 5.41) is 7.63. The van der Waals surface area contributed by atoms with E-state index < -0.39 is 10.0 Å². The van der Waals surface area contributed by atoms with Crippen LogP contribution in [0.3, 0.4) is 0 Å². The van der Waals surface area contributed by atoms with Gasteiger partial charge < -0.3 is 0 Å². The van der Waals surface area contributed by atoms with Gasteiger partial charge in [0.05, 0.1) is 10.2 Å². The molecule has 0 amide bonds. The summed E-state index contributed by atoms with van der Waals surface area (Å²) in [4.78, 5) is 4.49. The first-order valence-electron chi connectivity index (χ1n) is 6.32. The standard InChI is InChI=1S/C13H9N5O2S2/c19-22(20,17-11-7-3-4-8-14-11)13-16-15-12-18(13)9-5-1-2-6-10(9)21-12/h1-8H,(H,14,17). The van der Waals surface area contributed by atoms with Crippen LogP contribution in [0.5, 0.6) is 0 Å². The first-order chi connectivity index (χ1) is 10.6. The fourth-order valence-electron chi connectivity index (χ4n) is 2.14. The highest BCUT2D eigenvalue weighted by Gasteiger charge is 2.24. The molecule has 0 aliphatic carbocycles. The van der Waals surface area contributed by atoms with Gasteiger partial charge in [-0.25, -0.2) is 4.98 Å². The molecule has 0 radical (unpaired) electrons. The lowest BCUT2D eigenvalue weighted by Gasteiger charge is -2.04. The van der Waals surface area contributed by atoms with Gasteiger partial charge in [0.2, 0.25) is 4.96 Å². The van der Waals surface area contributed by atoms with Crippen molar-refractivity contribution in [2.24, 2.45) is 0 Å². The first-order valence-corrected chi connectivity index (χ1v) is 8.62. The Bertz CT molecular complexity index is 1070. The average Bonchev–Trinajstić information content (AvgIpc) is 3.06. The van der Waals surface area contributed by atoms with E-state index in [1.54, 1.807) is 18.2 Å². The Morgan fingerprint density at radius 2 is 1.86 bits per heavy atom. The lowest BCUT2D eigenvalue weighted by Crippen LogP contribution is -2.16. The highest BCUT2D eigenvalue weighted by atomic mass is 32.2. The summed E-state index contributed by atoms with van der Waals surface area (Å²) in [5.41, 5.74) is 0.758. The van der Waals surface area contributed by atoms with Crippen LogP contribution >= 0.6 is 11.3 Å². The second kappa shape index (κ2) is 4.75. The predicted octanol–water partition coefficient (Wildman–Crippen LogP) is 2.14. The number of thiazole rings is 1. The third-order valence-electron chi connectivity index (χ3n) is 3.06. The van der Waals surface area contributed by atoms with Crippen LogP contribution in [0.15, 0.2) is 53.8 Å². The number of nitrogens with one attached hydrogen (secondary N) is 1. The molecule has 3 aromatic heterocycles. The molecule has 0 saturated heterocycles. The van der Waals surface area contributed by atoms with E-state index >= 15 is 0 Å². The van der Waals surface area contributed by atoms with Crippen molar-refractivity contribution in [3.63, 3.8) is 0 Å². The zero-order chi connectivity index (χ0) is 15.2. The number of benzene rings is 1. The number of aromatic nitrogens is 4. The van der Waals surface area contributed by atoms with Crippen molar-refractivity contribution in [3.8, 4) is 0 Å². The highest BCUT2D eigenvalue weighted by Crippen LogP contribution is 2.27. The molecule has 0 saturated carbocycles. The molecule has 0 fully saturated rings. The van der Waals surface area contributed by atoms with Gasteiger partial charge in [-0.3, -0.25) is 9.12 Å². The van der Waals surface area contributed by atoms with Gasteiger partial charge in [0.1, 0.15) is 5.82 Å². The molecule has 0 bridgehead atoms. The van der Waals surface area contributed by atoms with Crippen molar-refractivity contribution >= 4 is 42.4 Å². The van der Waals surface area contributed by atoms with Crippen LogP contribution in [-0.2, 0) is 10.0 Å². The maximum atomic E-state index is 12.5.